The van der Waals surface area contributed by atoms with E-state index in [2.05, 4.69) is 37.8 Å². The summed E-state index contributed by atoms with van der Waals surface area (Å²) in [7, 11) is 0. The van der Waals surface area contributed by atoms with Gasteiger partial charge in [0.25, 0.3) is 0 Å². The molecule has 5 aromatic carbocycles. The van der Waals surface area contributed by atoms with Gasteiger partial charge in [-0.05, 0) is 53.1 Å². The maximum Gasteiger partial charge on any atom is 0.324 e. The van der Waals surface area contributed by atoms with E-state index in [0.29, 0.717) is 39.5 Å². The van der Waals surface area contributed by atoms with Crippen LogP contribution in [0.3, 0.4) is 0 Å². The highest BCUT2D eigenvalue weighted by atomic mass is 16.6. The third-order valence-electron chi connectivity index (χ3n) is 11.6. The minimum Gasteiger partial charge on any atom is -0.491 e. The summed E-state index contributed by atoms with van der Waals surface area (Å²) < 4.78 is 12.7. The van der Waals surface area contributed by atoms with Crippen LogP contribution in [0.25, 0.3) is 11.0 Å². The fraction of sp³-hybridized carbons (Fsp3) is 0.213. The average Bonchev–Trinajstić information content (AvgIpc) is 3.94. The van der Waals surface area contributed by atoms with Gasteiger partial charge in [0, 0.05) is 16.8 Å². The Balaban J connectivity index is 1.30. The number of nitrogens with one attached hydrogen (secondary N) is 4. The Kier molecular flexibility index (Phi) is 10.4. The van der Waals surface area contributed by atoms with Crippen LogP contribution in [0.2, 0.25) is 0 Å². The van der Waals surface area contributed by atoms with Crippen LogP contribution in [-0.4, -0.2) is 69.6 Å². The lowest BCUT2D eigenvalue weighted by molar-refractivity contribution is -0.178. The number of morpholine rings is 1. The first-order chi connectivity index (χ1) is 29.8. The number of urea groups is 1. The first-order valence-corrected chi connectivity index (χ1v) is 19.9. The fourth-order valence-electron chi connectivity index (χ4n) is 9.28. The van der Waals surface area contributed by atoms with E-state index in [-0.39, 0.29) is 26.3 Å². The molecule has 6 aromatic rings. The predicted molar refractivity (Wildman–Crippen MR) is 224 cm³/mol. The van der Waals surface area contributed by atoms with Crippen LogP contribution in [-0.2, 0) is 31.1 Å². The molecule has 4 heterocycles. The number of rotatable bonds is 10. The number of hydrogen-bond donors (Lipinski definition) is 6. The number of fused-ring (bicyclic) bond motifs is 4. The number of benzene rings is 5. The van der Waals surface area contributed by atoms with Crippen molar-refractivity contribution in [3.8, 4) is 17.6 Å². The molecule has 61 heavy (non-hydrogen) atoms. The van der Waals surface area contributed by atoms with Crippen LogP contribution in [0.1, 0.15) is 51.8 Å². The zero-order chi connectivity index (χ0) is 42.1. The SMILES string of the molecule is NC(=O)NCC#Cc1ccc2c(c1)[C@]1(C(=O)N2)[C@H](C(=O)NCc2nc3ccccc3[nH]2)[C@H]2C(=O)O[C@H](c3ccccc3)[C@H](c3ccccc3)N2[C@@H]1c1ccccc1OCCO. The Morgan fingerprint density at radius 3 is 2.36 bits per heavy atom. The Morgan fingerprint density at radius 2 is 1.61 bits per heavy atom. The van der Waals surface area contributed by atoms with Crippen molar-refractivity contribution in [1.82, 2.24) is 25.5 Å². The van der Waals surface area contributed by atoms with E-state index in [1.54, 1.807) is 30.3 Å². The van der Waals surface area contributed by atoms with Gasteiger partial charge in [0.1, 0.15) is 35.7 Å². The highest BCUT2D eigenvalue weighted by Gasteiger charge is 2.74. The van der Waals surface area contributed by atoms with Gasteiger partial charge in [0.15, 0.2) is 0 Å². The Hall–Kier alpha value is -7.47. The standard InChI is InChI=1S/C47H41N7O7/c48-46(59)49-23-11-12-28-21-22-33-32(26-28)47(45(58)53-33)38(43(56)50-27-37-51-34-18-8-9-19-35(34)52-37)40-44(57)61-41(30-15-5-2-6-16-30)39(29-13-3-1-4-14-29)54(40)42(47)31-17-7-10-20-36(31)60-25-24-55/h1-10,13-22,26,38-42,55H,23-25,27H2,(H,50,56)(H,51,52)(H,53,58)(H3,48,49,59)/t38-,39-,40-,41+,42+,47-/m0/s1. The first-order valence-electron chi connectivity index (χ1n) is 19.9. The maximum absolute atomic E-state index is 15.5. The molecule has 6 atom stereocenters. The van der Waals surface area contributed by atoms with E-state index in [1.165, 1.54) is 0 Å². The number of para-hydroxylation sites is 3. The van der Waals surface area contributed by atoms with Gasteiger partial charge in [-0.15, -0.1) is 0 Å². The minimum absolute atomic E-state index is 0.0267. The monoisotopic (exact) mass is 815 g/mol. The summed E-state index contributed by atoms with van der Waals surface area (Å²) in [5, 5.41) is 18.5. The van der Waals surface area contributed by atoms with Crippen molar-refractivity contribution < 1.29 is 33.8 Å². The smallest absolute Gasteiger partial charge is 0.324 e. The molecule has 14 heteroatoms. The number of esters is 1. The van der Waals surface area contributed by atoms with Crippen molar-refractivity contribution in [3.05, 3.63) is 161 Å². The van der Waals surface area contributed by atoms with Crippen LogP contribution in [0, 0.1) is 17.8 Å². The normalized spacial score (nSPS) is 22.7. The number of aromatic nitrogens is 2. The van der Waals surface area contributed by atoms with E-state index in [0.717, 1.165) is 16.6 Å². The second-order valence-electron chi connectivity index (χ2n) is 15.0. The van der Waals surface area contributed by atoms with Gasteiger partial charge in [-0.2, -0.15) is 0 Å². The number of ether oxygens (including phenoxy) is 2. The summed E-state index contributed by atoms with van der Waals surface area (Å²) in [5.74, 6) is 3.61. The van der Waals surface area contributed by atoms with E-state index in [4.69, 9.17) is 15.2 Å². The van der Waals surface area contributed by atoms with Gasteiger partial charge in [-0.1, -0.05) is 103 Å². The van der Waals surface area contributed by atoms with Crippen molar-refractivity contribution in [3.63, 3.8) is 0 Å². The van der Waals surface area contributed by atoms with Crippen LogP contribution < -0.4 is 26.4 Å². The number of anilines is 1. The number of cyclic esters (lactones) is 1. The predicted octanol–water partition coefficient (Wildman–Crippen LogP) is 4.54. The number of nitrogens with zero attached hydrogens (tertiary/aromatic N) is 2. The lowest BCUT2D eigenvalue weighted by Gasteiger charge is -2.46. The molecule has 7 N–H and O–H groups in total. The van der Waals surface area contributed by atoms with Crippen molar-refractivity contribution in [1.29, 1.82) is 0 Å². The molecule has 1 aromatic heterocycles. The summed E-state index contributed by atoms with van der Waals surface area (Å²) in [4.78, 5) is 67.3. The molecule has 2 saturated heterocycles. The molecular weight excluding hydrogens is 775 g/mol. The number of amides is 4. The lowest BCUT2D eigenvalue weighted by Crippen LogP contribution is -2.54. The molecule has 0 radical (unpaired) electrons. The third-order valence-corrected chi connectivity index (χ3v) is 11.6. The fourth-order valence-corrected chi connectivity index (χ4v) is 9.28. The number of imidazole rings is 1. The largest absolute Gasteiger partial charge is 0.491 e. The van der Waals surface area contributed by atoms with Gasteiger partial charge >= 0.3 is 12.0 Å². The van der Waals surface area contributed by atoms with Crippen LogP contribution in [0.4, 0.5) is 10.5 Å². The van der Waals surface area contributed by atoms with Gasteiger partial charge in [-0.25, -0.2) is 9.78 Å². The van der Waals surface area contributed by atoms with Gasteiger partial charge in [-0.3, -0.25) is 19.3 Å². The summed E-state index contributed by atoms with van der Waals surface area (Å²) >= 11 is 0. The van der Waals surface area contributed by atoms with Gasteiger partial charge in [0.2, 0.25) is 11.8 Å². The zero-order valence-electron chi connectivity index (χ0n) is 32.7. The molecule has 0 unspecified atom stereocenters. The number of nitrogens with two attached hydrogens (primary N) is 1. The average molecular weight is 816 g/mol. The molecule has 14 nitrogen and oxygen atoms in total. The topological polar surface area (TPSA) is 201 Å². The van der Waals surface area contributed by atoms with E-state index < -0.39 is 59.4 Å². The molecule has 306 valence electrons. The molecule has 9 rings (SSSR count). The molecule has 0 aliphatic carbocycles. The highest BCUT2D eigenvalue weighted by Crippen LogP contribution is 2.65. The number of H-pyrrole nitrogens is 1. The number of primary amides is 1. The van der Waals surface area contributed by atoms with E-state index in [1.807, 2.05) is 102 Å². The summed E-state index contributed by atoms with van der Waals surface area (Å²) in [6.07, 6.45) is -0.867. The van der Waals surface area contributed by atoms with Crippen LogP contribution in [0.15, 0.2) is 127 Å². The highest BCUT2D eigenvalue weighted by molar-refractivity contribution is 6.12. The van der Waals surface area contributed by atoms with Gasteiger partial charge < -0.3 is 41.2 Å². The second kappa shape index (κ2) is 16.3. The molecule has 1 spiro atoms. The first kappa shape index (κ1) is 39.0. The van der Waals surface area contributed by atoms with Crippen LogP contribution in [0.5, 0.6) is 5.75 Å². The summed E-state index contributed by atoms with van der Waals surface area (Å²) in [6.45, 7) is -0.403. The molecule has 2 fully saturated rings. The molecular formula is C47H41N7O7. The Labute approximate surface area is 350 Å². The zero-order valence-corrected chi connectivity index (χ0v) is 32.7. The Bertz CT molecular complexity index is 2680. The number of carbonyl (C=O) groups excluding carboxylic acids is 4. The number of carbonyl (C=O) groups is 4. The molecule has 4 amide bonds. The molecule has 0 bridgehead atoms. The number of aromatic amines is 1. The maximum atomic E-state index is 15.5. The number of aliphatic hydroxyl groups excluding tert-OH is 1. The summed E-state index contributed by atoms with van der Waals surface area (Å²) in [6, 6.07) is 35.0. The third kappa shape index (κ3) is 6.89. The molecule has 3 aliphatic rings. The number of hydrogen-bond acceptors (Lipinski definition) is 9. The second-order valence-corrected chi connectivity index (χ2v) is 15.0. The van der Waals surface area contributed by atoms with E-state index >= 15 is 14.4 Å². The molecule has 0 saturated carbocycles. The lowest BCUT2D eigenvalue weighted by atomic mass is 9.65. The number of aliphatic hydroxyl groups is 1. The van der Waals surface area contributed by atoms with Crippen molar-refractivity contribution in [2.45, 2.75) is 36.2 Å². The molecule has 3 aliphatic heterocycles. The van der Waals surface area contributed by atoms with E-state index in [9.17, 15) is 9.90 Å². The quantitative estimate of drug-likeness (QED) is 0.0849. The van der Waals surface area contributed by atoms with Gasteiger partial charge in [0.05, 0.1) is 48.7 Å². The van der Waals surface area contributed by atoms with Crippen molar-refractivity contribution in [2.75, 3.05) is 25.1 Å². The summed E-state index contributed by atoms with van der Waals surface area (Å²) in [5.41, 5.74) is 8.32. The van der Waals surface area contributed by atoms with Crippen LogP contribution >= 0.6 is 0 Å². The van der Waals surface area contributed by atoms with Crippen molar-refractivity contribution >= 4 is 40.5 Å². The minimum atomic E-state index is -1.82. The Morgan fingerprint density at radius 1 is 0.885 bits per heavy atom. The van der Waals surface area contributed by atoms with Crippen molar-refractivity contribution in [2.24, 2.45) is 11.7 Å².